The second kappa shape index (κ2) is 12.5. The Bertz CT molecular complexity index is 138. The molecule has 0 nitrogen and oxygen atoms in total. The SMILES string of the molecule is CC(C)CCCCCCCCC/C=C/I. The molecule has 0 radical (unpaired) electrons. The average molecular weight is 322 g/mol. The summed E-state index contributed by atoms with van der Waals surface area (Å²) in [4.78, 5) is 0. The maximum absolute atomic E-state index is 2.32. The first-order chi connectivity index (χ1) is 7.27. The molecule has 0 amide bonds. The van der Waals surface area contributed by atoms with E-state index in [2.05, 4.69) is 46.6 Å². The molecular weight excluding hydrogens is 295 g/mol. The van der Waals surface area contributed by atoms with E-state index in [1.54, 1.807) is 0 Å². The summed E-state index contributed by atoms with van der Waals surface area (Å²) in [5, 5.41) is 0. The fourth-order valence-corrected chi connectivity index (χ4v) is 2.12. The first-order valence-electron chi connectivity index (χ1n) is 6.52. The van der Waals surface area contributed by atoms with Crippen molar-refractivity contribution in [2.45, 2.75) is 71.6 Å². The number of hydrogen-bond donors (Lipinski definition) is 0. The molecule has 0 aromatic rings. The second-order valence-corrected chi connectivity index (χ2v) is 5.53. The highest BCUT2D eigenvalue weighted by atomic mass is 127. The minimum Gasteiger partial charge on any atom is -0.0785 e. The molecule has 0 fully saturated rings. The summed E-state index contributed by atoms with van der Waals surface area (Å²) in [7, 11) is 0. The Morgan fingerprint density at radius 1 is 0.867 bits per heavy atom. The fourth-order valence-electron chi connectivity index (χ4n) is 1.76. The van der Waals surface area contributed by atoms with Crippen molar-refractivity contribution in [2.24, 2.45) is 5.92 Å². The fraction of sp³-hybridized carbons (Fsp3) is 0.857. The summed E-state index contributed by atoms with van der Waals surface area (Å²) >= 11 is 2.30. The van der Waals surface area contributed by atoms with E-state index in [1.165, 1.54) is 57.8 Å². The molecule has 0 unspecified atom stereocenters. The predicted molar refractivity (Wildman–Crippen MR) is 79.6 cm³/mol. The molecule has 0 spiro atoms. The second-order valence-electron chi connectivity index (χ2n) is 4.81. The van der Waals surface area contributed by atoms with Crippen molar-refractivity contribution >= 4 is 22.6 Å². The third kappa shape index (κ3) is 14.5. The lowest BCUT2D eigenvalue weighted by Gasteiger charge is -2.04. The predicted octanol–water partition coefficient (Wildman–Crippen LogP) is 6.10. The van der Waals surface area contributed by atoms with Crippen molar-refractivity contribution in [2.75, 3.05) is 0 Å². The van der Waals surface area contributed by atoms with Crippen molar-refractivity contribution in [3.05, 3.63) is 10.2 Å². The third-order valence-electron chi connectivity index (χ3n) is 2.74. The Hall–Kier alpha value is 0.470. The van der Waals surface area contributed by atoms with Gasteiger partial charge >= 0.3 is 0 Å². The van der Waals surface area contributed by atoms with Crippen LogP contribution in [0.3, 0.4) is 0 Å². The van der Waals surface area contributed by atoms with Crippen molar-refractivity contribution in [1.82, 2.24) is 0 Å². The van der Waals surface area contributed by atoms with Crippen molar-refractivity contribution in [3.63, 3.8) is 0 Å². The number of halogens is 1. The van der Waals surface area contributed by atoms with Crippen LogP contribution in [-0.2, 0) is 0 Å². The van der Waals surface area contributed by atoms with Gasteiger partial charge in [-0.15, -0.1) is 0 Å². The van der Waals surface area contributed by atoms with Gasteiger partial charge in [-0.05, 0) is 22.8 Å². The Labute approximate surface area is 110 Å². The van der Waals surface area contributed by atoms with E-state index in [9.17, 15) is 0 Å². The van der Waals surface area contributed by atoms with Crippen LogP contribution >= 0.6 is 22.6 Å². The van der Waals surface area contributed by atoms with E-state index in [-0.39, 0.29) is 0 Å². The van der Waals surface area contributed by atoms with Gasteiger partial charge in [0.25, 0.3) is 0 Å². The number of unbranched alkanes of at least 4 members (excludes halogenated alkanes) is 7. The van der Waals surface area contributed by atoms with Crippen LogP contribution < -0.4 is 0 Å². The van der Waals surface area contributed by atoms with Crippen LogP contribution in [0.4, 0.5) is 0 Å². The summed E-state index contributed by atoms with van der Waals surface area (Å²) in [6.45, 7) is 4.64. The van der Waals surface area contributed by atoms with E-state index in [4.69, 9.17) is 0 Å². The van der Waals surface area contributed by atoms with Crippen molar-refractivity contribution in [1.29, 1.82) is 0 Å². The van der Waals surface area contributed by atoms with Gasteiger partial charge in [0.15, 0.2) is 0 Å². The van der Waals surface area contributed by atoms with Gasteiger partial charge < -0.3 is 0 Å². The van der Waals surface area contributed by atoms with Crippen LogP contribution in [0.2, 0.25) is 0 Å². The Morgan fingerprint density at radius 2 is 1.40 bits per heavy atom. The highest BCUT2D eigenvalue weighted by Gasteiger charge is 1.94. The lowest BCUT2D eigenvalue weighted by atomic mass is 10.0. The molecule has 0 rings (SSSR count). The van der Waals surface area contributed by atoms with Crippen LogP contribution in [-0.4, -0.2) is 0 Å². The lowest BCUT2D eigenvalue weighted by molar-refractivity contribution is 0.509. The van der Waals surface area contributed by atoms with Crippen LogP contribution in [0.1, 0.15) is 71.6 Å². The van der Waals surface area contributed by atoms with Crippen LogP contribution in [0, 0.1) is 5.92 Å². The van der Waals surface area contributed by atoms with E-state index < -0.39 is 0 Å². The molecule has 0 aliphatic rings. The first kappa shape index (κ1) is 15.5. The minimum absolute atomic E-state index is 0.894. The van der Waals surface area contributed by atoms with Crippen molar-refractivity contribution < 1.29 is 0 Å². The molecule has 0 aromatic carbocycles. The summed E-state index contributed by atoms with van der Waals surface area (Å²) in [5.74, 6) is 0.894. The molecule has 0 aliphatic heterocycles. The molecule has 1 heteroatoms. The van der Waals surface area contributed by atoms with Gasteiger partial charge in [-0.25, -0.2) is 0 Å². The highest BCUT2D eigenvalue weighted by molar-refractivity contribution is 14.1. The quantitative estimate of drug-likeness (QED) is 0.337. The zero-order valence-electron chi connectivity index (χ0n) is 10.5. The van der Waals surface area contributed by atoms with E-state index >= 15 is 0 Å². The van der Waals surface area contributed by atoms with E-state index in [0.717, 1.165) is 5.92 Å². The summed E-state index contributed by atoms with van der Waals surface area (Å²) in [6, 6.07) is 0. The number of hydrogen-bond acceptors (Lipinski definition) is 0. The number of allylic oxidation sites excluding steroid dienone is 1. The van der Waals surface area contributed by atoms with Gasteiger partial charge in [0.1, 0.15) is 0 Å². The Morgan fingerprint density at radius 3 is 1.93 bits per heavy atom. The Balaban J connectivity index is 2.92. The van der Waals surface area contributed by atoms with Gasteiger partial charge in [-0.3, -0.25) is 0 Å². The van der Waals surface area contributed by atoms with Gasteiger partial charge in [0, 0.05) is 0 Å². The zero-order chi connectivity index (χ0) is 11.4. The molecule has 0 heterocycles. The van der Waals surface area contributed by atoms with Crippen LogP contribution in [0.15, 0.2) is 10.2 Å². The van der Waals surface area contributed by atoms with E-state index in [0.29, 0.717) is 0 Å². The van der Waals surface area contributed by atoms with Crippen LogP contribution in [0.25, 0.3) is 0 Å². The molecule has 0 N–H and O–H groups in total. The maximum Gasteiger partial charge on any atom is -0.0274 e. The molecule has 15 heavy (non-hydrogen) atoms. The number of rotatable bonds is 10. The molecular formula is C14H27I. The summed E-state index contributed by atoms with van der Waals surface area (Å²) in [6.07, 6.45) is 15.0. The molecule has 0 saturated carbocycles. The molecule has 90 valence electrons. The molecule has 0 bridgehead atoms. The van der Waals surface area contributed by atoms with Gasteiger partial charge in [0.2, 0.25) is 0 Å². The lowest BCUT2D eigenvalue weighted by Crippen LogP contribution is -1.87. The molecule has 0 aromatic heterocycles. The zero-order valence-corrected chi connectivity index (χ0v) is 12.6. The third-order valence-corrected chi connectivity index (χ3v) is 3.25. The normalized spacial score (nSPS) is 11.7. The molecule has 0 aliphatic carbocycles. The monoisotopic (exact) mass is 322 g/mol. The highest BCUT2D eigenvalue weighted by Crippen LogP contribution is 2.12. The summed E-state index contributed by atoms with van der Waals surface area (Å²) < 4.78 is 2.13. The average Bonchev–Trinajstić information content (AvgIpc) is 2.20. The van der Waals surface area contributed by atoms with E-state index in [1.807, 2.05) is 0 Å². The standard InChI is InChI=1S/C14H27I/c1-14(2)12-10-8-6-4-3-5-7-9-11-13-15/h11,13-14H,3-10,12H2,1-2H3/b13-11+. The first-order valence-corrected chi connectivity index (χ1v) is 7.77. The minimum atomic E-state index is 0.894. The maximum atomic E-state index is 2.32. The topological polar surface area (TPSA) is 0 Å². The van der Waals surface area contributed by atoms with Crippen LogP contribution in [0.5, 0.6) is 0 Å². The Kier molecular flexibility index (Phi) is 12.9. The molecule has 0 saturated heterocycles. The molecule has 0 atom stereocenters. The van der Waals surface area contributed by atoms with Gasteiger partial charge in [0.05, 0.1) is 0 Å². The van der Waals surface area contributed by atoms with Gasteiger partial charge in [-0.1, -0.05) is 87.5 Å². The van der Waals surface area contributed by atoms with Crippen molar-refractivity contribution in [3.8, 4) is 0 Å². The summed E-state index contributed by atoms with van der Waals surface area (Å²) in [5.41, 5.74) is 0. The smallest absolute Gasteiger partial charge is 0.0274 e. The van der Waals surface area contributed by atoms with Gasteiger partial charge in [-0.2, -0.15) is 0 Å². The largest absolute Gasteiger partial charge is 0.0785 e.